The fourth-order valence-electron chi connectivity index (χ4n) is 2.57. The lowest BCUT2D eigenvalue weighted by atomic mass is 9.69. The van der Waals surface area contributed by atoms with Gasteiger partial charge in [-0.3, -0.25) is 0 Å². The lowest BCUT2D eigenvalue weighted by molar-refractivity contribution is 0.0680. The van der Waals surface area contributed by atoms with Crippen molar-refractivity contribution in [2.75, 3.05) is 0 Å². The Labute approximate surface area is 82.0 Å². The minimum Gasteiger partial charge on any atom is -0.247 e. The summed E-state index contributed by atoms with van der Waals surface area (Å²) in [4.78, 5) is 0.718. The van der Waals surface area contributed by atoms with Crippen LogP contribution < -0.4 is 0 Å². The van der Waals surface area contributed by atoms with Gasteiger partial charge in [0.2, 0.25) is 0 Å². The summed E-state index contributed by atoms with van der Waals surface area (Å²) < 4.78 is 12.6. The molecule has 2 atom stereocenters. The summed E-state index contributed by atoms with van der Waals surface area (Å²) in [6, 6.07) is 0. The molecule has 2 saturated carbocycles. The maximum Gasteiger partial charge on any atom is 0.101 e. The first-order valence-corrected chi connectivity index (χ1v) is 5.95. The zero-order valence-electron chi connectivity index (χ0n) is 7.31. The Hall–Kier alpha value is 0.410. The first-order valence-electron chi connectivity index (χ1n) is 5.04. The SMILES string of the molecule is FC1CC(C2CCCC(Br)C2)C1. The Morgan fingerprint density at radius 1 is 1.00 bits per heavy atom. The molecule has 0 amide bonds. The third kappa shape index (κ3) is 1.84. The molecular weight excluding hydrogens is 219 g/mol. The van der Waals surface area contributed by atoms with E-state index in [9.17, 15) is 4.39 Å². The van der Waals surface area contributed by atoms with E-state index in [0.29, 0.717) is 0 Å². The summed E-state index contributed by atoms with van der Waals surface area (Å²) >= 11 is 3.67. The molecule has 0 bridgehead atoms. The van der Waals surface area contributed by atoms with Gasteiger partial charge in [0, 0.05) is 4.83 Å². The van der Waals surface area contributed by atoms with Gasteiger partial charge < -0.3 is 0 Å². The second-order valence-electron chi connectivity index (χ2n) is 4.35. The van der Waals surface area contributed by atoms with E-state index in [0.717, 1.165) is 29.5 Å². The fourth-order valence-corrected chi connectivity index (χ4v) is 3.37. The normalized spacial score (nSPS) is 48.5. The Morgan fingerprint density at radius 3 is 2.33 bits per heavy atom. The van der Waals surface area contributed by atoms with Gasteiger partial charge in [-0.1, -0.05) is 28.8 Å². The Balaban J connectivity index is 1.80. The fraction of sp³-hybridized carbons (Fsp3) is 1.00. The van der Waals surface area contributed by atoms with Gasteiger partial charge in [-0.25, -0.2) is 4.39 Å². The van der Waals surface area contributed by atoms with Gasteiger partial charge in [-0.2, -0.15) is 0 Å². The molecule has 0 radical (unpaired) electrons. The molecule has 2 fully saturated rings. The van der Waals surface area contributed by atoms with E-state index in [4.69, 9.17) is 0 Å². The molecule has 2 aliphatic carbocycles. The van der Waals surface area contributed by atoms with E-state index < -0.39 is 6.17 Å². The summed E-state index contributed by atoms with van der Waals surface area (Å²) in [6.45, 7) is 0. The number of hydrogen-bond acceptors (Lipinski definition) is 0. The molecule has 0 saturated heterocycles. The van der Waals surface area contributed by atoms with Gasteiger partial charge in [-0.15, -0.1) is 0 Å². The molecule has 0 nitrogen and oxygen atoms in total. The van der Waals surface area contributed by atoms with Crippen LogP contribution in [0.3, 0.4) is 0 Å². The number of alkyl halides is 2. The van der Waals surface area contributed by atoms with E-state index in [2.05, 4.69) is 15.9 Å². The second-order valence-corrected chi connectivity index (χ2v) is 5.65. The zero-order valence-corrected chi connectivity index (χ0v) is 8.89. The number of rotatable bonds is 1. The molecule has 0 aromatic carbocycles. The van der Waals surface area contributed by atoms with Crippen LogP contribution in [0.1, 0.15) is 38.5 Å². The maximum atomic E-state index is 12.6. The predicted octanol–water partition coefficient (Wildman–Crippen LogP) is 3.69. The first kappa shape index (κ1) is 8.98. The topological polar surface area (TPSA) is 0 Å². The van der Waals surface area contributed by atoms with Crippen LogP contribution in [0.2, 0.25) is 0 Å². The van der Waals surface area contributed by atoms with Crippen molar-refractivity contribution in [2.45, 2.75) is 49.5 Å². The van der Waals surface area contributed by atoms with Crippen LogP contribution in [0, 0.1) is 11.8 Å². The van der Waals surface area contributed by atoms with E-state index >= 15 is 0 Å². The third-order valence-corrected chi connectivity index (χ3v) is 4.27. The molecule has 70 valence electrons. The average Bonchev–Trinajstić information content (AvgIpc) is 1.99. The molecule has 0 aliphatic heterocycles. The highest BCUT2D eigenvalue weighted by molar-refractivity contribution is 9.09. The monoisotopic (exact) mass is 234 g/mol. The second kappa shape index (κ2) is 3.65. The minimum absolute atomic E-state index is 0.467. The van der Waals surface area contributed by atoms with Crippen molar-refractivity contribution in [3.8, 4) is 0 Å². The highest BCUT2D eigenvalue weighted by Gasteiger charge is 2.36. The molecule has 2 aliphatic rings. The standard InChI is InChI=1S/C10H16BrF/c11-9-3-1-2-7(4-9)8-5-10(12)6-8/h7-10H,1-6H2. The van der Waals surface area contributed by atoms with Crippen LogP contribution in [0.4, 0.5) is 4.39 Å². The van der Waals surface area contributed by atoms with E-state index in [-0.39, 0.29) is 0 Å². The van der Waals surface area contributed by atoms with Crippen LogP contribution in [-0.4, -0.2) is 11.0 Å². The largest absolute Gasteiger partial charge is 0.247 e. The molecule has 12 heavy (non-hydrogen) atoms. The highest BCUT2D eigenvalue weighted by atomic mass is 79.9. The van der Waals surface area contributed by atoms with E-state index in [1.165, 1.54) is 25.7 Å². The highest BCUT2D eigenvalue weighted by Crippen LogP contribution is 2.43. The quantitative estimate of drug-likeness (QED) is 0.608. The minimum atomic E-state index is -0.467. The maximum absolute atomic E-state index is 12.6. The van der Waals surface area contributed by atoms with Gasteiger partial charge in [0.05, 0.1) is 0 Å². The summed E-state index contributed by atoms with van der Waals surface area (Å²) in [7, 11) is 0. The number of hydrogen-bond donors (Lipinski definition) is 0. The summed E-state index contributed by atoms with van der Waals surface area (Å²) in [5.74, 6) is 1.55. The van der Waals surface area contributed by atoms with Crippen LogP contribution in [-0.2, 0) is 0 Å². The molecule has 2 rings (SSSR count). The molecule has 0 aromatic rings. The summed E-state index contributed by atoms with van der Waals surface area (Å²) in [5.41, 5.74) is 0. The van der Waals surface area contributed by atoms with Crippen molar-refractivity contribution in [1.82, 2.24) is 0 Å². The van der Waals surface area contributed by atoms with Crippen LogP contribution in [0.25, 0.3) is 0 Å². The molecule has 0 aromatic heterocycles. The molecule has 0 N–H and O–H groups in total. The first-order chi connectivity index (χ1) is 5.75. The van der Waals surface area contributed by atoms with Gasteiger partial charge in [0.15, 0.2) is 0 Å². The van der Waals surface area contributed by atoms with E-state index in [1.807, 2.05) is 0 Å². The Kier molecular flexibility index (Phi) is 2.73. The van der Waals surface area contributed by atoms with Gasteiger partial charge in [0.1, 0.15) is 6.17 Å². The smallest absolute Gasteiger partial charge is 0.101 e. The lowest BCUT2D eigenvalue weighted by Gasteiger charge is -2.39. The number of halogens is 2. The van der Waals surface area contributed by atoms with Crippen molar-refractivity contribution in [2.24, 2.45) is 11.8 Å². The van der Waals surface area contributed by atoms with E-state index in [1.54, 1.807) is 0 Å². The van der Waals surface area contributed by atoms with Crippen molar-refractivity contribution in [3.05, 3.63) is 0 Å². The van der Waals surface area contributed by atoms with Crippen molar-refractivity contribution in [3.63, 3.8) is 0 Å². The van der Waals surface area contributed by atoms with Crippen molar-refractivity contribution in [1.29, 1.82) is 0 Å². The zero-order chi connectivity index (χ0) is 8.55. The molecule has 0 heterocycles. The molecular formula is C10H16BrF. The van der Waals surface area contributed by atoms with Crippen LogP contribution >= 0.6 is 15.9 Å². The van der Waals surface area contributed by atoms with Gasteiger partial charge in [0.25, 0.3) is 0 Å². The molecule has 2 unspecified atom stereocenters. The Morgan fingerprint density at radius 2 is 1.75 bits per heavy atom. The van der Waals surface area contributed by atoms with Crippen LogP contribution in [0.5, 0.6) is 0 Å². The summed E-state index contributed by atoms with van der Waals surface area (Å²) in [5, 5.41) is 0. The Bertz CT molecular complexity index is 154. The van der Waals surface area contributed by atoms with Crippen molar-refractivity contribution < 1.29 is 4.39 Å². The predicted molar refractivity (Wildman–Crippen MR) is 52.3 cm³/mol. The van der Waals surface area contributed by atoms with Gasteiger partial charge in [-0.05, 0) is 37.5 Å². The van der Waals surface area contributed by atoms with Crippen molar-refractivity contribution >= 4 is 15.9 Å². The average molecular weight is 235 g/mol. The summed E-state index contributed by atoms with van der Waals surface area (Å²) in [6.07, 6.45) is 6.53. The lowest BCUT2D eigenvalue weighted by Crippen LogP contribution is -2.34. The van der Waals surface area contributed by atoms with Gasteiger partial charge >= 0.3 is 0 Å². The molecule has 0 spiro atoms. The third-order valence-electron chi connectivity index (χ3n) is 3.43. The van der Waals surface area contributed by atoms with Crippen LogP contribution in [0.15, 0.2) is 0 Å². The molecule has 2 heteroatoms.